The predicted molar refractivity (Wildman–Crippen MR) is 66.8 cm³/mol. The maximum atomic E-state index is 12.0. The van der Waals surface area contributed by atoms with E-state index >= 15 is 0 Å². The van der Waals surface area contributed by atoms with Crippen molar-refractivity contribution in [3.8, 4) is 0 Å². The highest BCUT2D eigenvalue weighted by atomic mass is 16.4. The van der Waals surface area contributed by atoms with E-state index in [1.807, 2.05) is 0 Å². The number of aromatic nitrogens is 1. The van der Waals surface area contributed by atoms with E-state index in [0.29, 0.717) is 35.2 Å². The summed E-state index contributed by atoms with van der Waals surface area (Å²) in [5, 5.41) is 11.9. The number of nitrogens with one attached hydrogen (secondary N) is 2. The molecule has 2 atom stereocenters. The minimum absolute atomic E-state index is 0.0949. The molecule has 1 aliphatic carbocycles. The van der Waals surface area contributed by atoms with Crippen molar-refractivity contribution in [2.45, 2.75) is 27.2 Å². The number of rotatable bonds is 4. The third-order valence-corrected chi connectivity index (χ3v) is 3.68. The van der Waals surface area contributed by atoms with Crippen LogP contribution in [-0.4, -0.2) is 28.5 Å². The van der Waals surface area contributed by atoms with Crippen molar-refractivity contribution < 1.29 is 14.7 Å². The fourth-order valence-electron chi connectivity index (χ4n) is 2.30. The average molecular weight is 250 g/mol. The maximum absolute atomic E-state index is 12.0. The Morgan fingerprint density at radius 2 is 2.06 bits per heavy atom. The molecule has 1 fully saturated rings. The highest BCUT2D eigenvalue weighted by molar-refractivity contribution is 6.00. The fourth-order valence-corrected chi connectivity index (χ4v) is 2.30. The van der Waals surface area contributed by atoms with Crippen LogP contribution < -0.4 is 5.32 Å². The molecule has 0 spiro atoms. The number of amides is 1. The quantitative estimate of drug-likeness (QED) is 0.760. The van der Waals surface area contributed by atoms with Crippen molar-refractivity contribution in [3.63, 3.8) is 0 Å². The van der Waals surface area contributed by atoms with Gasteiger partial charge in [-0.15, -0.1) is 0 Å². The van der Waals surface area contributed by atoms with Crippen LogP contribution in [0.1, 0.15) is 45.4 Å². The zero-order valence-electron chi connectivity index (χ0n) is 10.8. The molecule has 1 amide bonds. The van der Waals surface area contributed by atoms with Gasteiger partial charge in [-0.2, -0.15) is 0 Å². The Balaban J connectivity index is 2.11. The summed E-state index contributed by atoms with van der Waals surface area (Å²) in [5.41, 5.74) is 1.66. The minimum atomic E-state index is -1.04. The standard InChI is InChI=1S/C13H18N2O3/c1-6-4-9(6)5-14-12(16)10-7(2)11(13(17)18)15-8(10)3/h6,9,15H,4-5H2,1-3H3,(H,14,16)(H,17,18). The molecule has 0 radical (unpaired) electrons. The van der Waals surface area contributed by atoms with Crippen molar-refractivity contribution >= 4 is 11.9 Å². The topological polar surface area (TPSA) is 82.2 Å². The molecule has 5 heteroatoms. The summed E-state index contributed by atoms with van der Waals surface area (Å²) in [6.45, 7) is 6.20. The van der Waals surface area contributed by atoms with E-state index in [-0.39, 0.29) is 11.6 Å². The molecule has 98 valence electrons. The number of carbonyl (C=O) groups is 2. The first-order valence-corrected chi connectivity index (χ1v) is 6.12. The second-order valence-corrected chi connectivity index (χ2v) is 5.11. The predicted octanol–water partition coefficient (Wildman–Crippen LogP) is 1.72. The van der Waals surface area contributed by atoms with Gasteiger partial charge in [0, 0.05) is 12.2 Å². The van der Waals surface area contributed by atoms with Crippen molar-refractivity contribution in [1.29, 1.82) is 0 Å². The Morgan fingerprint density at radius 3 is 2.50 bits per heavy atom. The van der Waals surface area contributed by atoms with Gasteiger partial charge in [-0.25, -0.2) is 4.79 Å². The number of carboxylic acid groups (broad SMARTS) is 1. The first-order chi connectivity index (χ1) is 8.41. The molecule has 18 heavy (non-hydrogen) atoms. The van der Waals surface area contributed by atoms with Crippen LogP contribution in [0.3, 0.4) is 0 Å². The molecule has 1 heterocycles. The van der Waals surface area contributed by atoms with Crippen LogP contribution >= 0.6 is 0 Å². The first kappa shape index (κ1) is 12.7. The average Bonchev–Trinajstić information content (AvgIpc) is 2.90. The zero-order chi connectivity index (χ0) is 13.4. The first-order valence-electron chi connectivity index (χ1n) is 6.12. The molecule has 3 N–H and O–H groups in total. The number of aromatic amines is 1. The second kappa shape index (κ2) is 4.48. The number of hydrogen-bond donors (Lipinski definition) is 3. The van der Waals surface area contributed by atoms with Gasteiger partial charge in [0.05, 0.1) is 5.56 Å². The van der Waals surface area contributed by atoms with E-state index in [1.165, 1.54) is 0 Å². The molecule has 0 bridgehead atoms. The Kier molecular flexibility index (Phi) is 3.15. The summed E-state index contributed by atoms with van der Waals surface area (Å²) in [6.07, 6.45) is 1.16. The van der Waals surface area contributed by atoms with Crippen LogP contribution in [-0.2, 0) is 0 Å². The number of aromatic carboxylic acids is 1. The van der Waals surface area contributed by atoms with Gasteiger partial charge in [0.25, 0.3) is 5.91 Å². The van der Waals surface area contributed by atoms with Crippen molar-refractivity contribution in [2.24, 2.45) is 11.8 Å². The summed E-state index contributed by atoms with van der Waals surface area (Å²) >= 11 is 0. The second-order valence-electron chi connectivity index (χ2n) is 5.11. The maximum Gasteiger partial charge on any atom is 0.352 e. The highest BCUT2D eigenvalue weighted by Crippen LogP contribution is 2.36. The molecule has 2 rings (SSSR count). The fraction of sp³-hybridized carbons (Fsp3) is 0.538. The van der Waals surface area contributed by atoms with Crippen LogP contribution in [0, 0.1) is 25.7 Å². The lowest BCUT2D eigenvalue weighted by Gasteiger charge is -2.05. The van der Waals surface area contributed by atoms with E-state index in [2.05, 4.69) is 17.2 Å². The molecule has 2 unspecified atom stereocenters. The van der Waals surface area contributed by atoms with Crippen molar-refractivity contribution in [2.75, 3.05) is 6.54 Å². The van der Waals surface area contributed by atoms with E-state index in [1.54, 1.807) is 13.8 Å². The summed E-state index contributed by atoms with van der Waals surface area (Å²) in [5.74, 6) is 0.0408. The largest absolute Gasteiger partial charge is 0.477 e. The lowest BCUT2D eigenvalue weighted by molar-refractivity contribution is 0.0690. The number of carboxylic acids is 1. The van der Waals surface area contributed by atoms with Crippen LogP contribution in [0.25, 0.3) is 0 Å². The molecule has 0 saturated heterocycles. The van der Waals surface area contributed by atoms with Crippen LogP contribution in [0.2, 0.25) is 0 Å². The third kappa shape index (κ3) is 2.25. The Hall–Kier alpha value is -1.78. The van der Waals surface area contributed by atoms with E-state index in [9.17, 15) is 9.59 Å². The smallest absolute Gasteiger partial charge is 0.352 e. The highest BCUT2D eigenvalue weighted by Gasteiger charge is 2.33. The summed E-state index contributed by atoms with van der Waals surface area (Å²) < 4.78 is 0. The number of aryl methyl sites for hydroxylation is 1. The molecular weight excluding hydrogens is 232 g/mol. The molecule has 1 aliphatic rings. The molecule has 5 nitrogen and oxygen atoms in total. The normalized spacial score (nSPS) is 21.7. The molecule has 0 aliphatic heterocycles. The van der Waals surface area contributed by atoms with Gasteiger partial charge < -0.3 is 15.4 Å². The third-order valence-electron chi connectivity index (χ3n) is 3.68. The lowest BCUT2D eigenvalue weighted by atomic mass is 10.1. The Morgan fingerprint density at radius 1 is 1.44 bits per heavy atom. The van der Waals surface area contributed by atoms with Gasteiger partial charge in [0.2, 0.25) is 0 Å². The lowest BCUT2D eigenvalue weighted by Crippen LogP contribution is -2.26. The molecule has 1 saturated carbocycles. The Labute approximate surface area is 106 Å². The van der Waals surface area contributed by atoms with Gasteiger partial charge in [0.1, 0.15) is 5.69 Å². The number of hydrogen-bond acceptors (Lipinski definition) is 2. The van der Waals surface area contributed by atoms with Gasteiger partial charge in [-0.1, -0.05) is 6.92 Å². The summed E-state index contributed by atoms with van der Waals surface area (Å²) in [7, 11) is 0. The van der Waals surface area contributed by atoms with E-state index in [0.717, 1.165) is 6.42 Å². The van der Waals surface area contributed by atoms with Gasteiger partial charge in [0.15, 0.2) is 0 Å². The number of H-pyrrole nitrogens is 1. The molecule has 1 aromatic rings. The van der Waals surface area contributed by atoms with E-state index in [4.69, 9.17) is 5.11 Å². The number of carbonyl (C=O) groups excluding carboxylic acids is 1. The molecular formula is C13H18N2O3. The Bertz CT molecular complexity index is 505. The van der Waals surface area contributed by atoms with E-state index < -0.39 is 5.97 Å². The summed E-state index contributed by atoms with van der Waals surface area (Å²) in [4.78, 5) is 25.7. The molecule has 1 aromatic heterocycles. The zero-order valence-corrected chi connectivity index (χ0v) is 10.8. The minimum Gasteiger partial charge on any atom is -0.477 e. The monoisotopic (exact) mass is 250 g/mol. The van der Waals surface area contributed by atoms with Crippen molar-refractivity contribution in [1.82, 2.24) is 10.3 Å². The SMILES string of the molecule is Cc1[nH]c(C(=O)O)c(C)c1C(=O)NCC1CC1C. The molecule has 0 aromatic carbocycles. The van der Waals surface area contributed by atoms with Crippen LogP contribution in [0.5, 0.6) is 0 Å². The van der Waals surface area contributed by atoms with Crippen molar-refractivity contribution in [3.05, 3.63) is 22.5 Å². The van der Waals surface area contributed by atoms with Gasteiger partial charge in [-0.05, 0) is 37.7 Å². The summed E-state index contributed by atoms with van der Waals surface area (Å²) in [6, 6.07) is 0. The van der Waals surface area contributed by atoms with Crippen LogP contribution in [0.4, 0.5) is 0 Å². The van der Waals surface area contributed by atoms with Gasteiger partial charge >= 0.3 is 5.97 Å². The van der Waals surface area contributed by atoms with Crippen LogP contribution in [0.15, 0.2) is 0 Å². The van der Waals surface area contributed by atoms with Gasteiger partial charge in [-0.3, -0.25) is 4.79 Å².